The lowest BCUT2D eigenvalue weighted by Gasteiger charge is -2.32. The third-order valence-corrected chi connectivity index (χ3v) is 5.78. The number of nitrogens with zero attached hydrogens (tertiary/aromatic N) is 2. The number of aliphatic hydroxyl groups is 1. The van der Waals surface area contributed by atoms with Gasteiger partial charge >= 0.3 is 0 Å². The Morgan fingerprint density at radius 1 is 1.10 bits per heavy atom. The first-order chi connectivity index (χ1) is 14.2. The number of likely N-dealkylation sites (tertiary alicyclic amines) is 1. The Labute approximate surface area is 174 Å². The van der Waals surface area contributed by atoms with Gasteiger partial charge in [-0.25, -0.2) is 0 Å². The van der Waals surface area contributed by atoms with E-state index in [2.05, 4.69) is 15.9 Å². The van der Waals surface area contributed by atoms with Crippen LogP contribution in [0.3, 0.4) is 0 Å². The number of ether oxygens (including phenoxy) is 4. The van der Waals surface area contributed by atoms with Crippen molar-refractivity contribution < 1.29 is 24.1 Å². The van der Waals surface area contributed by atoms with Crippen LogP contribution in [0.5, 0.6) is 11.5 Å². The monoisotopic (exact) mass is 408 g/mol. The molecule has 29 heavy (non-hydrogen) atoms. The van der Waals surface area contributed by atoms with Crippen LogP contribution in [-0.2, 0) is 16.0 Å². The first-order valence-corrected chi connectivity index (χ1v) is 10.7. The molecule has 1 aromatic rings. The summed E-state index contributed by atoms with van der Waals surface area (Å²) in [6.45, 7) is 7.81. The quantitative estimate of drug-likeness (QED) is 0.631. The van der Waals surface area contributed by atoms with Gasteiger partial charge in [0.25, 0.3) is 0 Å². The highest BCUT2D eigenvalue weighted by molar-refractivity contribution is 5.46. The number of hydrogen-bond donors (Lipinski definition) is 1. The van der Waals surface area contributed by atoms with Crippen molar-refractivity contribution in [2.45, 2.75) is 25.5 Å². The van der Waals surface area contributed by atoms with E-state index in [4.69, 9.17) is 18.9 Å². The lowest BCUT2D eigenvalue weighted by molar-refractivity contribution is 0.00427. The number of rotatable bonds is 10. The molecule has 0 aliphatic carbocycles. The molecule has 3 rings (SSSR count). The van der Waals surface area contributed by atoms with E-state index in [-0.39, 0.29) is 6.61 Å². The molecule has 2 fully saturated rings. The van der Waals surface area contributed by atoms with Crippen LogP contribution >= 0.6 is 0 Å². The van der Waals surface area contributed by atoms with E-state index in [1.54, 1.807) is 14.2 Å². The Kier molecular flexibility index (Phi) is 9.01. The van der Waals surface area contributed by atoms with E-state index >= 15 is 0 Å². The van der Waals surface area contributed by atoms with Gasteiger partial charge in [0, 0.05) is 45.5 Å². The Bertz CT molecular complexity index is 601. The topological polar surface area (TPSA) is 63.6 Å². The zero-order chi connectivity index (χ0) is 20.5. The number of para-hydroxylation sites is 1. The summed E-state index contributed by atoms with van der Waals surface area (Å²) in [5.41, 5.74) is 1.10. The summed E-state index contributed by atoms with van der Waals surface area (Å²) in [6.07, 6.45) is 1.77. The van der Waals surface area contributed by atoms with Gasteiger partial charge in [0.2, 0.25) is 0 Å². The average Bonchev–Trinajstić information content (AvgIpc) is 2.75. The molecular weight excluding hydrogens is 372 g/mol. The van der Waals surface area contributed by atoms with E-state index < -0.39 is 6.10 Å². The first-order valence-electron chi connectivity index (χ1n) is 10.7. The van der Waals surface area contributed by atoms with E-state index in [9.17, 15) is 5.11 Å². The standard InChI is InChI=1S/C22H36N2O5/c1-26-16-18-6-8-23(9-7-18)14-19-4-3-5-21(27-2)22(19)29-17-20(25)15-24-10-12-28-13-11-24/h3-5,18,20,25H,6-17H2,1-2H3/t20-/m0/s1. The van der Waals surface area contributed by atoms with Crippen molar-refractivity contribution in [3.63, 3.8) is 0 Å². The number of morpholine rings is 1. The SMILES string of the molecule is COCC1CCN(Cc2cccc(OC)c2OC[C@@H](O)CN2CCOCC2)CC1. The predicted octanol–water partition coefficient (Wildman–Crippen LogP) is 1.63. The van der Waals surface area contributed by atoms with E-state index in [0.717, 1.165) is 82.4 Å². The van der Waals surface area contributed by atoms with Gasteiger partial charge in [-0.05, 0) is 37.9 Å². The van der Waals surface area contributed by atoms with Crippen LogP contribution in [0, 0.1) is 5.92 Å². The minimum Gasteiger partial charge on any atom is -0.493 e. The summed E-state index contributed by atoms with van der Waals surface area (Å²) in [4.78, 5) is 4.67. The minimum atomic E-state index is -0.546. The fourth-order valence-electron chi connectivity index (χ4n) is 4.11. The fraction of sp³-hybridized carbons (Fsp3) is 0.727. The Balaban J connectivity index is 1.56. The Hall–Kier alpha value is -1.38. The summed E-state index contributed by atoms with van der Waals surface area (Å²) in [5.74, 6) is 2.12. The third kappa shape index (κ3) is 6.83. The Morgan fingerprint density at radius 3 is 2.55 bits per heavy atom. The van der Waals surface area contributed by atoms with Gasteiger partial charge in [0.15, 0.2) is 11.5 Å². The Morgan fingerprint density at radius 2 is 1.86 bits per heavy atom. The number of methoxy groups -OCH3 is 2. The molecule has 1 atom stereocenters. The molecule has 7 heteroatoms. The lowest BCUT2D eigenvalue weighted by atomic mass is 9.97. The van der Waals surface area contributed by atoms with Crippen molar-refractivity contribution in [1.82, 2.24) is 9.80 Å². The second kappa shape index (κ2) is 11.7. The zero-order valence-electron chi connectivity index (χ0n) is 17.8. The number of aliphatic hydroxyl groups excluding tert-OH is 1. The molecule has 0 unspecified atom stereocenters. The van der Waals surface area contributed by atoms with Crippen molar-refractivity contribution in [3.8, 4) is 11.5 Å². The molecule has 2 aliphatic rings. The van der Waals surface area contributed by atoms with Gasteiger partial charge in [-0.1, -0.05) is 12.1 Å². The lowest BCUT2D eigenvalue weighted by Crippen LogP contribution is -2.42. The largest absolute Gasteiger partial charge is 0.493 e. The van der Waals surface area contributed by atoms with Crippen LogP contribution in [0.25, 0.3) is 0 Å². The maximum Gasteiger partial charge on any atom is 0.165 e. The highest BCUT2D eigenvalue weighted by Gasteiger charge is 2.22. The van der Waals surface area contributed by atoms with Crippen molar-refractivity contribution in [2.75, 3.05) is 73.4 Å². The minimum absolute atomic E-state index is 0.251. The molecule has 7 nitrogen and oxygen atoms in total. The molecule has 1 aromatic carbocycles. The van der Waals surface area contributed by atoms with Crippen molar-refractivity contribution in [3.05, 3.63) is 23.8 Å². The molecule has 2 aliphatic heterocycles. The van der Waals surface area contributed by atoms with Crippen molar-refractivity contribution in [2.24, 2.45) is 5.92 Å². The molecular formula is C22H36N2O5. The molecule has 164 valence electrons. The van der Waals surface area contributed by atoms with E-state index in [0.29, 0.717) is 12.5 Å². The molecule has 0 saturated carbocycles. The fourth-order valence-corrected chi connectivity index (χ4v) is 4.11. The summed E-state index contributed by atoms with van der Waals surface area (Å²) in [5, 5.41) is 10.4. The first kappa shape index (κ1) is 22.3. The summed E-state index contributed by atoms with van der Waals surface area (Å²) in [7, 11) is 3.44. The molecule has 2 saturated heterocycles. The van der Waals surface area contributed by atoms with Crippen LogP contribution in [0.4, 0.5) is 0 Å². The van der Waals surface area contributed by atoms with Crippen LogP contribution in [-0.4, -0.2) is 94.4 Å². The highest BCUT2D eigenvalue weighted by Crippen LogP contribution is 2.33. The third-order valence-electron chi connectivity index (χ3n) is 5.78. The number of piperidine rings is 1. The second-order valence-electron chi connectivity index (χ2n) is 8.00. The number of β-amino-alcohol motifs (C(OH)–C–C–N with tert-alkyl or cyclic N) is 1. The molecule has 0 amide bonds. The van der Waals surface area contributed by atoms with Crippen LogP contribution in [0.15, 0.2) is 18.2 Å². The van der Waals surface area contributed by atoms with Crippen molar-refractivity contribution in [1.29, 1.82) is 0 Å². The van der Waals surface area contributed by atoms with Gasteiger partial charge in [0.05, 0.1) is 20.3 Å². The molecule has 0 spiro atoms. The van der Waals surface area contributed by atoms with Gasteiger partial charge in [0.1, 0.15) is 12.7 Å². The van der Waals surface area contributed by atoms with Gasteiger partial charge in [-0.3, -0.25) is 9.80 Å². The zero-order valence-corrected chi connectivity index (χ0v) is 17.8. The normalized spacial score (nSPS) is 20.5. The molecule has 0 aromatic heterocycles. The van der Waals surface area contributed by atoms with Crippen molar-refractivity contribution >= 4 is 0 Å². The maximum absolute atomic E-state index is 10.4. The number of benzene rings is 1. The summed E-state index contributed by atoms with van der Waals surface area (Å²) < 4.78 is 22.3. The molecule has 0 bridgehead atoms. The van der Waals surface area contributed by atoms with Gasteiger partial charge in [-0.2, -0.15) is 0 Å². The summed E-state index contributed by atoms with van der Waals surface area (Å²) >= 11 is 0. The number of hydrogen-bond acceptors (Lipinski definition) is 7. The van der Waals surface area contributed by atoms with Crippen LogP contribution < -0.4 is 9.47 Å². The van der Waals surface area contributed by atoms with Crippen LogP contribution in [0.1, 0.15) is 18.4 Å². The predicted molar refractivity (Wildman–Crippen MR) is 112 cm³/mol. The average molecular weight is 409 g/mol. The molecule has 1 N–H and O–H groups in total. The van der Waals surface area contributed by atoms with E-state index in [1.807, 2.05) is 12.1 Å². The molecule has 2 heterocycles. The highest BCUT2D eigenvalue weighted by atomic mass is 16.5. The summed E-state index contributed by atoms with van der Waals surface area (Å²) in [6, 6.07) is 6.01. The van der Waals surface area contributed by atoms with E-state index in [1.165, 1.54) is 0 Å². The molecule has 0 radical (unpaired) electrons. The smallest absolute Gasteiger partial charge is 0.165 e. The maximum atomic E-state index is 10.4. The van der Waals surface area contributed by atoms with Gasteiger partial charge < -0.3 is 24.1 Å². The second-order valence-corrected chi connectivity index (χ2v) is 8.00. The van der Waals surface area contributed by atoms with Gasteiger partial charge in [-0.15, -0.1) is 0 Å². The van der Waals surface area contributed by atoms with Crippen LogP contribution in [0.2, 0.25) is 0 Å².